The Hall–Kier alpha value is -3.17. The lowest BCUT2D eigenvalue weighted by atomic mass is 10.1. The molecule has 7 heteroatoms. The van der Waals surface area contributed by atoms with E-state index in [1.165, 1.54) is 18.2 Å². The summed E-state index contributed by atoms with van der Waals surface area (Å²) in [5.41, 5.74) is 0.767. The number of nitriles is 1. The third-order valence-electron chi connectivity index (χ3n) is 3.17. The molecule has 0 saturated carbocycles. The van der Waals surface area contributed by atoms with Gasteiger partial charge in [0.25, 0.3) is 11.6 Å². The van der Waals surface area contributed by atoms with E-state index < -0.39 is 10.8 Å². The van der Waals surface area contributed by atoms with Gasteiger partial charge in [0, 0.05) is 11.1 Å². The Bertz CT molecular complexity index is 885. The number of halogens is 1. The fourth-order valence-electron chi connectivity index (χ4n) is 1.98. The zero-order chi connectivity index (χ0) is 17.7. The molecular weight excluding hydrogens is 330 g/mol. The van der Waals surface area contributed by atoms with Gasteiger partial charge >= 0.3 is 0 Å². The molecule has 0 spiro atoms. The Morgan fingerprint density at radius 3 is 2.67 bits per heavy atom. The lowest BCUT2D eigenvalue weighted by Gasteiger charge is -2.06. The SMILES string of the molecule is Cc1ccc(NC(=O)/C(C#N)=C/c2ccccc2Cl)c([N+](=O)[O-])c1. The van der Waals surface area contributed by atoms with Crippen LogP contribution in [0.1, 0.15) is 11.1 Å². The van der Waals surface area contributed by atoms with Crippen LogP contribution in [0.3, 0.4) is 0 Å². The van der Waals surface area contributed by atoms with Crippen LogP contribution in [-0.2, 0) is 4.79 Å². The number of nitrogens with one attached hydrogen (secondary N) is 1. The van der Waals surface area contributed by atoms with Crippen molar-refractivity contribution in [2.24, 2.45) is 0 Å². The molecule has 0 radical (unpaired) electrons. The second-order valence-electron chi connectivity index (χ2n) is 4.92. The summed E-state index contributed by atoms with van der Waals surface area (Å²) in [5.74, 6) is -0.746. The lowest BCUT2D eigenvalue weighted by Crippen LogP contribution is -2.14. The van der Waals surface area contributed by atoms with Crippen LogP contribution in [-0.4, -0.2) is 10.8 Å². The second kappa shape index (κ2) is 7.40. The van der Waals surface area contributed by atoms with Gasteiger partial charge in [0.15, 0.2) is 0 Å². The zero-order valence-electron chi connectivity index (χ0n) is 12.6. The van der Waals surface area contributed by atoms with Crippen molar-refractivity contribution in [1.29, 1.82) is 5.26 Å². The average molecular weight is 342 g/mol. The number of benzene rings is 2. The Labute approximate surface area is 143 Å². The molecular formula is C17H12ClN3O3. The molecule has 0 heterocycles. The van der Waals surface area contributed by atoms with Crippen molar-refractivity contribution < 1.29 is 9.72 Å². The van der Waals surface area contributed by atoms with Crippen LogP contribution < -0.4 is 5.32 Å². The normalized spacial score (nSPS) is 10.8. The first kappa shape index (κ1) is 17.2. The van der Waals surface area contributed by atoms with Gasteiger partial charge in [0.05, 0.1) is 4.92 Å². The minimum absolute atomic E-state index is 0.0240. The third kappa shape index (κ3) is 3.97. The first-order valence-corrected chi connectivity index (χ1v) is 7.23. The van der Waals surface area contributed by atoms with Gasteiger partial charge in [0.1, 0.15) is 17.3 Å². The molecule has 0 aliphatic carbocycles. The van der Waals surface area contributed by atoms with Crippen molar-refractivity contribution in [3.05, 3.63) is 74.3 Å². The van der Waals surface area contributed by atoms with Gasteiger partial charge in [-0.3, -0.25) is 14.9 Å². The molecule has 24 heavy (non-hydrogen) atoms. The number of anilines is 1. The first-order chi connectivity index (χ1) is 11.4. The van der Waals surface area contributed by atoms with E-state index >= 15 is 0 Å². The molecule has 0 aliphatic rings. The van der Waals surface area contributed by atoms with Crippen LogP contribution >= 0.6 is 11.6 Å². The van der Waals surface area contributed by atoms with E-state index in [0.29, 0.717) is 16.1 Å². The summed E-state index contributed by atoms with van der Waals surface area (Å²) in [4.78, 5) is 22.7. The highest BCUT2D eigenvalue weighted by Gasteiger charge is 2.18. The van der Waals surface area contributed by atoms with Crippen molar-refractivity contribution in [2.45, 2.75) is 6.92 Å². The highest BCUT2D eigenvalue weighted by molar-refractivity contribution is 6.32. The molecule has 0 aliphatic heterocycles. The molecule has 0 aromatic heterocycles. The van der Waals surface area contributed by atoms with Crippen LogP contribution in [0.2, 0.25) is 5.02 Å². The fraction of sp³-hybridized carbons (Fsp3) is 0.0588. The van der Waals surface area contributed by atoms with Gasteiger partial charge in [-0.25, -0.2) is 0 Å². The highest BCUT2D eigenvalue weighted by Crippen LogP contribution is 2.26. The molecule has 0 saturated heterocycles. The summed E-state index contributed by atoms with van der Waals surface area (Å²) in [6.45, 7) is 1.70. The number of aryl methyl sites for hydroxylation is 1. The number of nitro groups is 1. The molecule has 1 amide bonds. The minimum Gasteiger partial charge on any atom is -0.316 e. The first-order valence-electron chi connectivity index (χ1n) is 6.85. The third-order valence-corrected chi connectivity index (χ3v) is 3.51. The van der Waals surface area contributed by atoms with Gasteiger partial charge in [-0.1, -0.05) is 35.9 Å². The van der Waals surface area contributed by atoms with Gasteiger partial charge < -0.3 is 5.32 Å². The van der Waals surface area contributed by atoms with Crippen LogP contribution in [0.5, 0.6) is 0 Å². The maximum absolute atomic E-state index is 12.3. The van der Waals surface area contributed by atoms with Gasteiger partial charge in [-0.15, -0.1) is 0 Å². The van der Waals surface area contributed by atoms with E-state index in [1.54, 1.807) is 43.3 Å². The average Bonchev–Trinajstić information content (AvgIpc) is 2.55. The monoisotopic (exact) mass is 341 g/mol. The van der Waals surface area contributed by atoms with E-state index in [1.807, 2.05) is 0 Å². The van der Waals surface area contributed by atoms with E-state index in [9.17, 15) is 20.2 Å². The number of hydrogen-bond donors (Lipinski definition) is 1. The fourth-order valence-corrected chi connectivity index (χ4v) is 2.17. The minimum atomic E-state index is -0.746. The molecule has 2 aromatic carbocycles. The van der Waals surface area contributed by atoms with Gasteiger partial charge in [0.2, 0.25) is 0 Å². The Balaban J connectivity index is 2.34. The maximum Gasteiger partial charge on any atom is 0.293 e. The van der Waals surface area contributed by atoms with Crippen LogP contribution in [0.4, 0.5) is 11.4 Å². The predicted octanol–water partition coefficient (Wildman–Crippen LogP) is 4.10. The summed E-state index contributed by atoms with van der Waals surface area (Å²) in [7, 11) is 0. The number of carbonyl (C=O) groups excluding carboxylic acids is 1. The Kier molecular flexibility index (Phi) is 5.30. The second-order valence-corrected chi connectivity index (χ2v) is 5.33. The molecule has 0 bridgehead atoms. The number of nitro benzene ring substituents is 1. The molecule has 1 N–H and O–H groups in total. The summed E-state index contributed by atoms with van der Waals surface area (Å²) >= 11 is 6.00. The standard InChI is InChI=1S/C17H12ClN3O3/c1-11-6-7-15(16(8-11)21(23)24)20-17(22)13(10-19)9-12-4-2-3-5-14(12)18/h2-9H,1H3,(H,20,22)/b13-9+. The number of hydrogen-bond acceptors (Lipinski definition) is 4. The molecule has 0 atom stereocenters. The van der Waals surface area contributed by atoms with E-state index in [4.69, 9.17) is 11.6 Å². The Morgan fingerprint density at radius 2 is 2.04 bits per heavy atom. The largest absolute Gasteiger partial charge is 0.316 e. The van der Waals surface area contributed by atoms with Gasteiger partial charge in [-0.05, 0) is 36.3 Å². The van der Waals surface area contributed by atoms with Crippen molar-refractivity contribution in [2.75, 3.05) is 5.32 Å². The quantitative estimate of drug-likeness (QED) is 0.392. The molecule has 2 aromatic rings. The predicted molar refractivity (Wildman–Crippen MR) is 91.5 cm³/mol. The highest BCUT2D eigenvalue weighted by atomic mass is 35.5. The summed E-state index contributed by atoms with van der Waals surface area (Å²) in [6, 6.07) is 12.9. The number of amides is 1. The number of rotatable bonds is 4. The topological polar surface area (TPSA) is 96.0 Å². The van der Waals surface area contributed by atoms with E-state index in [2.05, 4.69) is 5.32 Å². The van der Waals surface area contributed by atoms with E-state index in [-0.39, 0.29) is 16.9 Å². The van der Waals surface area contributed by atoms with Crippen LogP contribution in [0.15, 0.2) is 48.0 Å². The van der Waals surface area contributed by atoms with Crippen LogP contribution in [0.25, 0.3) is 6.08 Å². The molecule has 0 unspecified atom stereocenters. The van der Waals surface area contributed by atoms with Crippen LogP contribution in [0, 0.1) is 28.4 Å². The van der Waals surface area contributed by atoms with Crippen molar-refractivity contribution in [3.63, 3.8) is 0 Å². The molecule has 120 valence electrons. The van der Waals surface area contributed by atoms with Gasteiger partial charge in [-0.2, -0.15) is 5.26 Å². The lowest BCUT2D eigenvalue weighted by molar-refractivity contribution is -0.384. The summed E-state index contributed by atoms with van der Waals surface area (Å²) in [6.07, 6.45) is 1.33. The van der Waals surface area contributed by atoms with Crippen molar-refractivity contribution in [1.82, 2.24) is 0 Å². The van der Waals surface area contributed by atoms with Crippen molar-refractivity contribution in [3.8, 4) is 6.07 Å². The summed E-state index contributed by atoms with van der Waals surface area (Å²) in [5, 5.41) is 23.1. The van der Waals surface area contributed by atoms with E-state index in [0.717, 1.165) is 0 Å². The van der Waals surface area contributed by atoms with Crippen molar-refractivity contribution >= 4 is 35.0 Å². The Morgan fingerprint density at radius 1 is 1.33 bits per heavy atom. The maximum atomic E-state index is 12.3. The molecule has 6 nitrogen and oxygen atoms in total. The zero-order valence-corrected chi connectivity index (χ0v) is 13.4. The summed E-state index contributed by atoms with van der Waals surface area (Å²) < 4.78 is 0. The smallest absolute Gasteiger partial charge is 0.293 e. The molecule has 0 fully saturated rings. The number of nitrogens with zero attached hydrogens (tertiary/aromatic N) is 2. The number of carbonyl (C=O) groups is 1. The molecule has 2 rings (SSSR count).